The van der Waals surface area contributed by atoms with Crippen LogP contribution in [-0.2, 0) is 46.9 Å². The maximum atomic E-state index is 14.2. The van der Waals surface area contributed by atoms with Crippen molar-refractivity contribution in [1.29, 1.82) is 0 Å². The van der Waals surface area contributed by atoms with Crippen LogP contribution in [0, 0.1) is 11.3 Å². The van der Waals surface area contributed by atoms with Crippen LogP contribution in [0.2, 0.25) is 0 Å². The predicted molar refractivity (Wildman–Crippen MR) is 228 cm³/mol. The van der Waals surface area contributed by atoms with Crippen LogP contribution >= 0.6 is 0 Å². The van der Waals surface area contributed by atoms with Crippen LogP contribution in [0.15, 0.2) is 66.2 Å². The highest BCUT2D eigenvalue weighted by Crippen LogP contribution is 2.29. The number of rotatable bonds is 21. The van der Waals surface area contributed by atoms with Crippen LogP contribution in [0.25, 0.3) is 0 Å². The summed E-state index contributed by atoms with van der Waals surface area (Å²) < 4.78 is 28.4. The number of nitrogens with two attached hydrogens (primary N) is 1. The summed E-state index contributed by atoms with van der Waals surface area (Å²) in [6.45, 7) is 15.4. The zero-order valence-corrected chi connectivity index (χ0v) is 36.8. The number of carbonyl (C=O) groups is 5. The minimum absolute atomic E-state index is 0.105. The SMILES string of the molecule is CN[C@@H](CCCNC(N)=O)C(=O)NCc1ccc(CS(=O)(=O)NC(=O)/C(C)=C/[C@H](C(C)C)N(C)C(=O)C(NC(=O)[C@@H](NC)C(C)(C)c2ccccc2)C(C)(C)C)cc1. The van der Waals surface area contributed by atoms with Gasteiger partial charge in [-0.25, -0.2) is 17.9 Å². The molecule has 0 aliphatic heterocycles. The van der Waals surface area contributed by atoms with E-state index < -0.39 is 62.7 Å². The lowest BCUT2D eigenvalue weighted by Gasteiger charge is -2.40. The van der Waals surface area contributed by atoms with Crippen molar-refractivity contribution < 1.29 is 32.4 Å². The molecule has 2 aromatic rings. The summed E-state index contributed by atoms with van der Waals surface area (Å²) in [6, 6.07) is 13.0. The smallest absolute Gasteiger partial charge is 0.312 e. The third kappa shape index (κ3) is 14.9. The van der Waals surface area contributed by atoms with Crippen molar-refractivity contribution in [3.8, 4) is 0 Å². The Kier molecular flexibility index (Phi) is 18.6. The third-order valence-corrected chi connectivity index (χ3v) is 11.4. The summed E-state index contributed by atoms with van der Waals surface area (Å²) in [5, 5.41) is 14.4. The summed E-state index contributed by atoms with van der Waals surface area (Å²) in [7, 11) is 0.873. The van der Waals surface area contributed by atoms with E-state index in [1.807, 2.05) is 78.8 Å². The first kappa shape index (κ1) is 49.3. The summed E-state index contributed by atoms with van der Waals surface area (Å²) >= 11 is 0. The van der Waals surface area contributed by atoms with Gasteiger partial charge in [0.15, 0.2) is 0 Å². The molecule has 0 spiro atoms. The number of urea groups is 1. The molecule has 1 unspecified atom stereocenters. The van der Waals surface area contributed by atoms with Gasteiger partial charge in [-0.1, -0.05) is 109 Å². The van der Waals surface area contributed by atoms with E-state index in [1.165, 1.54) is 11.8 Å². The Hall–Kier alpha value is -4.80. The van der Waals surface area contributed by atoms with Gasteiger partial charge >= 0.3 is 6.03 Å². The number of hydrogen-bond acceptors (Lipinski definition) is 9. The van der Waals surface area contributed by atoms with Crippen molar-refractivity contribution in [3.05, 3.63) is 82.9 Å². The highest BCUT2D eigenvalue weighted by atomic mass is 32.2. The van der Waals surface area contributed by atoms with Gasteiger partial charge in [0.1, 0.15) is 6.04 Å². The monoisotopic (exact) mass is 826 g/mol. The lowest BCUT2D eigenvalue weighted by atomic mass is 9.76. The molecule has 2 rings (SSSR count). The molecule has 322 valence electrons. The maximum absolute atomic E-state index is 14.2. The molecule has 0 heterocycles. The van der Waals surface area contributed by atoms with Gasteiger partial charge in [0.2, 0.25) is 27.7 Å². The molecule has 6 amide bonds. The largest absolute Gasteiger partial charge is 0.352 e. The molecule has 4 atom stereocenters. The Bertz CT molecular complexity index is 1840. The van der Waals surface area contributed by atoms with Crippen molar-refractivity contribution in [2.75, 3.05) is 27.7 Å². The third-order valence-electron chi connectivity index (χ3n) is 10.2. The lowest BCUT2D eigenvalue weighted by Crippen LogP contribution is -2.61. The van der Waals surface area contributed by atoms with E-state index in [4.69, 9.17) is 5.73 Å². The molecular weight excluding hydrogens is 761 g/mol. The predicted octanol–water partition coefficient (Wildman–Crippen LogP) is 2.81. The molecular formula is C42H66N8O7S. The lowest BCUT2D eigenvalue weighted by molar-refractivity contribution is -0.140. The molecule has 16 heteroatoms. The molecule has 0 fully saturated rings. The van der Waals surface area contributed by atoms with Gasteiger partial charge in [0.05, 0.1) is 23.9 Å². The second kappa shape index (κ2) is 21.8. The van der Waals surface area contributed by atoms with Crippen molar-refractivity contribution in [1.82, 2.24) is 36.2 Å². The zero-order chi connectivity index (χ0) is 44.0. The second-order valence-corrected chi connectivity index (χ2v) is 18.4. The van der Waals surface area contributed by atoms with E-state index in [0.29, 0.717) is 24.9 Å². The number of benzene rings is 2. The van der Waals surface area contributed by atoms with E-state index in [-0.39, 0.29) is 35.8 Å². The van der Waals surface area contributed by atoms with Crippen molar-refractivity contribution in [2.45, 2.75) is 110 Å². The molecule has 0 saturated heterocycles. The Balaban J connectivity index is 2.12. The number of amides is 6. The standard InChI is InChI=1S/C42H66N8O7S/c1-27(2)33(50(11)39(54)35(41(4,5)6)48-38(53)34(45-10)42(7,8)31-16-13-12-14-17-31)24-28(3)36(51)49-58(56,57)26-30-21-19-29(20-22-30)25-47-37(52)32(44-9)18-15-23-46-40(43)55/h12-14,16-17,19-22,24,27,32-35,44-45H,15,18,23,25-26H2,1-11H3,(H,47,52)(H,48,53)(H,49,51)(H3,43,46,55)/b28-24+/t32-,33+,34+,35?/m0/s1. The summed E-state index contributed by atoms with van der Waals surface area (Å²) in [6.07, 6.45) is 2.61. The van der Waals surface area contributed by atoms with Gasteiger partial charge in [-0.15, -0.1) is 0 Å². The number of nitrogens with zero attached hydrogens (tertiary/aromatic N) is 1. The molecule has 15 nitrogen and oxygen atoms in total. The van der Waals surface area contributed by atoms with Crippen LogP contribution in [-0.4, -0.2) is 94.8 Å². The second-order valence-electron chi connectivity index (χ2n) is 16.6. The van der Waals surface area contributed by atoms with Crippen LogP contribution in [0.5, 0.6) is 0 Å². The fourth-order valence-corrected chi connectivity index (χ4v) is 7.78. The highest BCUT2D eigenvalue weighted by Gasteiger charge is 2.41. The van der Waals surface area contributed by atoms with Gasteiger partial charge in [-0.2, -0.15) is 0 Å². The van der Waals surface area contributed by atoms with Crippen molar-refractivity contribution >= 4 is 39.7 Å². The molecule has 0 aromatic heterocycles. The Morgan fingerprint density at radius 3 is 1.93 bits per heavy atom. The topological polar surface area (TPSA) is 221 Å². The normalized spacial score (nSPS) is 14.4. The van der Waals surface area contributed by atoms with E-state index >= 15 is 0 Å². The minimum atomic E-state index is -4.12. The number of hydrogen-bond donors (Lipinski definition) is 7. The van der Waals surface area contributed by atoms with Gasteiger partial charge in [-0.3, -0.25) is 19.2 Å². The quantitative estimate of drug-likeness (QED) is 0.0726. The maximum Gasteiger partial charge on any atom is 0.312 e. The number of nitrogens with one attached hydrogen (secondary N) is 6. The molecule has 0 aliphatic rings. The first-order valence-electron chi connectivity index (χ1n) is 19.5. The first-order valence-corrected chi connectivity index (χ1v) is 21.2. The van der Waals surface area contributed by atoms with E-state index in [9.17, 15) is 32.4 Å². The zero-order valence-electron chi connectivity index (χ0n) is 36.0. The van der Waals surface area contributed by atoms with Crippen LogP contribution in [0.1, 0.15) is 84.9 Å². The molecule has 0 saturated carbocycles. The van der Waals surface area contributed by atoms with Gasteiger partial charge in [-0.05, 0) is 61.9 Å². The van der Waals surface area contributed by atoms with Crippen molar-refractivity contribution in [3.63, 3.8) is 0 Å². The van der Waals surface area contributed by atoms with E-state index in [0.717, 1.165) is 11.1 Å². The number of carbonyl (C=O) groups excluding carboxylic acids is 5. The first-order chi connectivity index (χ1) is 26.9. The van der Waals surface area contributed by atoms with E-state index in [2.05, 4.69) is 31.3 Å². The molecule has 0 aliphatic carbocycles. The average Bonchev–Trinajstić information content (AvgIpc) is 3.14. The summed E-state index contributed by atoms with van der Waals surface area (Å²) in [5.41, 5.74) is 6.01. The molecule has 0 radical (unpaired) electrons. The van der Waals surface area contributed by atoms with E-state index in [1.54, 1.807) is 51.5 Å². The van der Waals surface area contributed by atoms with Crippen LogP contribution < -0.4 is 37.0 Å². The molecule has 2 aromatic carbocycles. The van der Waals surface area contributed by atoms with Crippen LogP contribution in [0.4, 0.5) is 4.79 Å². The summed E-state index contributed by atoms with van der Waals surface area (Å²) in [5.74, 6) is -2.38. The average molecular weight is 827 g/mol. The number of primary amides is 1. The highest BCUT2D eigenvalue weighted by molar-refractivity contribution is 7.89. The Labute approximate surface area is 345 Å². The fraction of sp³-hybridized carbons (Fsp3) is 0.548. The molecule has 58 heavy (non-hydrogen) atoms. The Morgan fingerprint density at radius 1 is 0.828 bits per heavy atom. The Morgan fingerprint density at radius 2 is 1.41 bits per heavy atom. The fourth-order valence-electron chi connectivity index (χ4n) is 6.63. The van der Waals surface area contributed by atoms with Gasteiger partial charge in [0.25, 0.3) is 5.91 Å². The summed E-state index contributed by atoms with van der Waals surface area (Å²) in [4.78, 5) is 66.3. The number of sulfonamides is 1. The van der Waals surface area contributed by atoms with Gasteiger partial charge < -0.3 is 37.2 Å². The van der Waals surface area contributed by atoms with Crippen molar-refractivity contribution in [2.24, 2.45) is 17.1 Å². The van der Waals surface area contributed by atoms with Gasteiger partial charge in [0, 0.05) is 31.1 Å². The minimum Gasteiger partial charge on any atom is -0.352 e. The number of likely N-dealkylation sites (N-methyl/N-ethyl adjacent to an activating group) is 3. The van der Waals surface area contributed by atoms with Crippen LogP contribution in [0.3, 0.4) is 0 Å². The molecule has 8 N–H and O–H groups in total. The molecule has 0 bridgehead atoms.